The second-order valence-corrected chi connectivity index (χ2v) is 11.9. The lowest BCUT2D eigenvalue weighted by atomic mass is 9.94. The summed E-state index contributed by atoms with van der Waals surface area (Å²) in [5.41, 5.74) is 10.6. The van der Waals surface area contributed by atoms with Crippen molar-refractivity contribution in [2.24, 2.45) is 0 Å². The lowest BCUT2D eigenvalue weighted by Crippen LogP contribution is -1.98. The monoisotopic (exact) mass is 552 g/mol. The molecular weight excluding hydrogens is 529 g/mol. The van der Waals surface area contributed by atoms with Crippen LogP contribution in [0.2, 0.25) is 0 Å². The highest BCUT2D eigenvalue weighted by molar-refractivity contribution is 7.99. The Labute approximate surface area is 247 Å². The Morgan fingerprint density at radius 1 is 0.500 bits per heavy atom. The number of rotatable bonds is 3. The maximum Gasteiger partial charge on any atom is 0.0942 e. The van der Waals surface area contributed by atoms with E-state index in [1.807, 2.05) is 30.1 Å². The van der Waals surface area contributed by atoms with Gasteiger partial charge in [-0.3, -0.25) is 4.98 Å². The van der Waals surface area contributed by atoms with Crippen molar-refractivity contribution in [2.45, 2.75) is 9.79 Å². The van der Waals surface area contributed by atoms with Crippen LogP contribution in [0.4, 0.5) is 0 Å². The molecular formula is C39H24N2S. The minimum atomic E-state index is 0.978. The highest BCUT2D eigenvalue weighted by Gasteiger charge is 2.20. The molecule has 0 fully saturated rings. The second kappa shape index (κ2) is 9.20. The summed E-state index contributed by atoms with van der Waals surface area (Å²) in [6, 6.07) is 50.5. The molecule has 0 saturated carbocycles. The number of hydrogen-bond acceptors (Lipinski definition) is 2. The molecule has 0 saturated heterocycles. The van der Waals surface area contributed by atoms with Crippen molar-refractivity contribution in [1.29, 1.82) is 0 Å². The quantitative estimate of drug-likeness (QED) is 0.217. The van der Waals surface area contributed by atoms with E-state index >= 15 is 0 Å². The number of pyridine rings is 1. The zero-order chi connectivity index (χ0) is 27.6. The Bertz CT molecular complexity index is 2330. The molecule has 196 valence electrons. The molecule has 0 N–H and O–H groups in total. The molecule has 2 nitrogen and oxygen atoms in total. The van der Waals surface area contributed by atoms with Gasteiger partial charge in [-0.15, -0.1) is 0 Å². The van der Waals surface area contributed by atoms with Gasteiger partial charge in [0, 0.05) is 37.7 Å². The van der Waals surface area contributed by atoms with Gasteiger partial charge in [0.2, 0.25) is 0 Å². The minimum Gasteiger partial charge on any atom is -0.307 e. The summed E-state index contributed by atoms with van der Waals surface area (Å²) < 4.78 is 2.37. The molecule has 3 heteroatoms. The van der Waals surface area contributed by atoms with Gasteiger partial charge in [0.05, 0.1) is 22.4 Å². The minimum absolute atomic E-state index is 0.978. The highest BCUT2D eigenvalue weighted by atomic mass is 32.2. The smallest absolute Gasteiger partial charge is 0.0942 e. The van der Waals surface area contributed by atoms with E-state index in [-0.39, 0.29) is 0 Å². The molecule has 0 unspecified atom stereocenters. The Hall–Kier alpha value is -5.12. The molecule has 0 bridgehead atoms. The van der Waals surface area contributed by atoms with Crippen LogP contribution < -0.4 is 0 Å². The van der Waals surface area contributed by atoms with Gasteiger partial charge < -0.3 is 4.57 Å². The standard InChI is InChI=1S/C39H24N2S/c1-2-9-26(10-3-1)39-35(16-8-22-40-39)41-33-15-5-4-13-29(33)31-23-27(18-20-34(31)41)28-19-21-36-32(24-28)30-14-6-11-25-12-7-17-37(42-36)38(25)30/h1-24H. The molecule has 9 rings (SSSR count). The largest absolute Gasteiger partial charge is 0.307 e. The predicted molar refractivity (Wildman–Crippen MR) is 177 cm³/mol. The van der Waals surface area contributed by atoms with Gasteiger partial charge in [0.1, 0.15) is 0 Å². The third kappa shape index (κ3) is 3.50. The Balaban J connectivity index is 1.24. The van der Waals surface area contributed by atoms with E-state index in [9.17, 15) is 0 Å². The Morgan fingerprint density at radius 2 is 1.29 bits per heavy atom. The lowest BCUT2D eigenvalue weighted by molar-refractivity contribution is 1.14. The van der Waals surface area contributed by atoms with E-state index in [1.54, 1.807) is 0 Å². The molecule has 1 aliphatic heterocycles. The average Bonchev–Trinajstić information content (AvgIpc) is 3.39. The molecule has 0 aliphatic carbocycles. The van der Waals surface area contributed by atoms with E-state index in [4.69, 9.17) is 4.98 Å². The summed E-state index contributed by atoms with van der Waals surface area (Å²) in [7, 11) is 0. The van der Waals surface area contributed by atoms with Crippen molar-refractivity contribution in [3.05, 3.63) is 146 Å². The number of nitrogens with zero attached hydrogens (tertiary/aromatic N) is 2. The van der Waals surface area contributed by atoms with Gasteiger partial charge in [-0.05, 0) is 76.2 Å². The van der Waals surface area contributed by atoms with E-state index in [0.29, 0.717) is 0 Å². The van der Waals surface area contributed by atoms with Gasteiger partial charge in [-0.25, -0.2) is 0 Å². The fraction of sp³-hybridized carbons (Fsp3) is 0. The third-order valence-corrected chi connectivity index (χ3v) is 9.57. The van der Waals surface area contributed by atoms with Crippen LogP contribution in [0.25, 0.3) is 71.8 Å². The van der Waals surface area contributed by atoms with Crippen molar-refractivity contribution in [2.75, 3.05) is 0 Å². The molecule has 0 spiro atoms. The number of para-hydroxylation sites is 1. The molecule has 0 amide bonds. The number of fused-ring (bicyclic) bond motifs is 5. The SMILES string of the molecule is c1ccc(-c2ncccc2-n2c3ccccc3c3cc(-c4ccc5c(c4)-c4cccc6cccc(c46)S5)ccc32)cc1. The Kier molecular flexibility index (Phi) is 5.16. The molecule has 6 aromatic carbocycles. The molecule has 2 aromatic heterocycles. The summed E-state index contributed by atoms with van der Waals surface area (Å²) in [5.74, 6) is 0. The molecule has 3 heterocycles. The van der Waals surface area contributed by atoms with Crippen LogP contribution in [-0.2, 0) is 0 Å². The average molecular weight is 553 g/mol. The van der Waals surface area contributed by atoms with Crippen LogP contribution >= 0.6 is 11.8 Å². The summed E-state index contributed by atoms with van der Waals surface area (Å²) in [5, 5.41) is 5.14. The van der Waals surface area contributed by atoms with Crippen molar-refractivity contribution < 1.29 is 0 Å². The van der Waals surface area contributed by atoms with Gasteiger partial charge in [-0.1, -0.05) is 103 Å². The van der Waals surface area contributed by atoms with E-state index in [1.165, 1.54) is 64.6 Å². The highest BCUT2D eigenvalue weighted by Crippen LogP contribution is 2.49. The first-order valence-electron chi connectivity index (χ1n) is 14.2. The summed E-state index contributed by atoms with van der Waals surface area (Å²) in [6.45, 7) is 0. The van der Waals surface area contributed by atoms with Crippen molar-refractivity contribution in [3.8, 4) is 39.2 Å². The summed E-state index contributed by atoms with van der Waals surface area (Å²) >= 11 is 1.87. The third-order valence-electron chi connectivity index (χ3n) is 8.44. The molecule has 0 atom stereocenters. The van der Waals surface area contributed by atoms with E-state index in [0.717, 1.165) is 16.9 Å². The van der Waals surface area contributed by atoms with Gasteiger partial charge in [0.15, 0.2) is 0 Å². The van der Waals surface area contributed by atoms with Crippen LogP contribution in [0, 0.1) is 0 Å². The normalized spacial score (nSPS) is 12.2. The molecule has 8 aromatic rings. The zero-order valence-corrected chi connectivity index (χ0v) is 23.5. The van der Waals surface area contributed by atoms with Gasteiger partial charge in [-0.2, -0.15) is 0 Å². The first-order chi connectivity index (χ1) is 20.8. The number of hydrogen-bond donors (Lipinski definition) is 0. The second-order valence-electron chi connectivity index (χ2n) is 10.8. The van der Waals surface area contributed by atoms with Crippen LogP contribution in [0.15, 0.2) is 156 Å². The maximum absolute atomic E-state index is 4.83. The van der Waals surface area contributed by atoms with Gasteiger partial charge >= 0.3 is 0 Å². The maximum atomic E-state index is 4.83. The van der Waals surface area contributed by atoms with Crippen LogP contribution in [-0.4, -0.2) is 9.55 Å². The van der Waals surface area contributed by atoms with E-state index < -0.39 is 0 Å². The molecule has 42 heavy (non-hydrogen) atoms. The first kappa shape index (κ1) is 23.6. The van der Waals surface area contributed by atoms with Crippen LogP contribution in [0.1, 0.15) is 0 Å². The lowest BCUT2D eigenvalue weighted by Gasteiger charge is -2.21. The summed E-state index contributed by atoms with van der Waals surface area (Å²) in [6.07, 6.45) is 1.88. The van der Waals surface area contributed by atoms with E-state index in [2.05, 4.69) is 132 Å². The molecule has 0 radical (unpaired) electrons. The fourth-order valence-electron chi connectivity index (χ4n) is 6.55. The first-order valence-corrected chi connectivity index (χ1v) is 15.0. The summed E-state index contributed by atoms with van der Waals surface area (Å²) in [4.78, 5) is 7.48. The van der Waals surface area contributed by atoms with Gasteiger partial charge in [0.25, 0.3) is 0 Å². The fourth-order valence-corrected chi connectivity index (χ4v) is 7.68. The van der Waals surface area contributed by atoms with Crippen molar-refractivity contribution >= 4 is 44.3 Å². The predicted octanol–water partition coefficient (Wildman–Crippen LogP) is 10.8. The topological polar surface area (TPSA) is 17.8 Å². The Morgan fingerprint density at radius 3 is 2.21 bits per heavy atom. The van der Waals surface area contributed by atoms with Crippen molar-refractivity contribution in [3.63, 3.8) is 0 Å². The van der Waals surface area contributed by atoms with Crippen LogP contribution in [0.3, 0.4) is 0 Å². The van der Waals surface area contributed by atoms with Crippen molar-refractivity contribution in [1.82, 2.24) is 9.55 Å². The zero-order valence-electron chi connectivity index (χ0n) is 22.7. The molecule has 1 aliphatic rings. The van der Waals surface area contributed by atoms with Crippen LogP contribution in [0.5, 0.6) is 0 Å². The number of benzene rings is 6. The number of aromatic nitrogens is 2.